The summed E-state index contributed by atoms with van der Waals surface area (Å²) in [5.41, 5.74) is 0. The van der Waals surface area contributed by atoms with Gasteiger partial charge in [0.05, 0.1) is 5.92 Å². The van der Waals surface area contributed by atoms with E-state index in [4.69, 9.17) is 5.11 Å². The Kier molecular flexibility index (Phi) is 2.96. The van der Waals surface area contributed by atoms with Crippen molar-refractivity contribution in [3.05, 3.63) is 0 Å². The van der Waals surface area contributed by atoms with Gasteiger partial charge in [-0.2, -0.15) is 0 Å². The minimum Gasteiger partial charge on any atom is -0.481 e. The lowest BCUT2D eigenvalue weighted by Crippen LogP contribution is -2.29. The zero-order valence-electron chi connectivity index (χ0n) is 6.90. The fraction of sp³-hybridized carbons (Fsp3) is 0.875. The third-order valence-electron chi connectivity index (χ3n) is 2.92. The maximum Gasteiger partial charge on any atom is 0.308 e. The number of carbonyl (C=O) groups is 1. The van der Waals surface area contributed by atoms with E-state index in [-0.39, 0.29) is 18.3 Å². The number of halogens is 1. The lowest BCUT2D eigenvalue weighted by Gasteiger charge is -2.16. The standard InChI is InChI=1S/C8H13NO2.ClH/c10-8(11)6-3-5-9-4-1-2-7(6)9;/h6-7H,1-5H2,(H,10,11);1H. The summed E-state index contributed by atoms with van der Waals surface area (Å²) < 4.78 is 0. The molecule has 0 aromatic carbocycles. The van der Waals surface area contributed by atoms with E-state index in [1.54, 1.807) is 0 Å². The van der Waals surface area contributed by atoms with Crippen LogP contribution in [0.5, 0.6) is 0 Å². The second-order valence-electron chi connectivity index (χ2n) is 3.48. The Labute approximate surface area is 78.2 Å². The Hall–Kier alpha value is -0.280. The van der Waals surface area contributed by atoms with Gasteiger partial charge in [-0.05, 0) is 32.4 Å². The highest BCUT2D eigenvalue weighted by Gasteiger charge is 2.40. The Morgan fingerprint density at radius 1 is 1.33 bits per heavy atom. The molecular formula is C8H14ClNO2. The van der Waals surface area contributed by atoms with Crippen molar-refractivity contribution in [1.82, 2.24) is 4.90 Å². The van der Waals surface area contributed by atoms with Crippen molar-refractivity contribution in [2.45, 2.75) is 25.3 Å². The first-order valence-electron chi connectivity index (χ1n) is 4.26. The summed E-state index contributed by atoms with van der Waals surface area (Å²) in [6.07, 6.45) is 3.14. The van der Waals surface area contributed by atoms with Gasteiger partial charge in [0, 0.05) is 6.04 Å². The predicted molar refractivity (Wildman–Crippen MR) is 47.6 cm³/mol. The first-order valence-corrected chi connectivity index (χ1v) is 4.26. The molecular weight excluding hydrogens is 178 g/mol. The summed E-state index contributed by atoms with van der Waals surface area (Å²) in [7, 11) is 0. The van der Waals surface area contributed by atoms with Crippen LogP contribution in [0.4, 0.5) is 0 Å². The molecule has 2 unspecified atom stereocenters. The van der Waals surface area contributed by atoms with Gasteiger partial charge < -0.3 is 5.11 Å². The van der Waals surface area contributed by atoms with Gasteiger partial charge in [-0.15, -0.1) is 12.4 Å². The van der Waals surface area contributed by atoms with Crippen molar-refractivity contribution in [3.63, 3.8) is 0 Å². The van der Waals surface area contributed by atoms with E-state index >= 15 is 0 Å². The summed E-state index contributed by atoms with van der Waals surface area (Å²) in [6, 6.07) is 0.368. The van der Waals surface area contributed by atoms with E-state index in [9.17, 15) is 4.79 Å². The van der Waals surface area contributed by atoms with Crippen LogP contribution >= 0.6 is 12.4 Å². The molecule has 12 heavy (non-hydrogen) atoms. The largest absolute Gasteiger partial charge is 0.481 e. The highest BCUT2D eigenvalue weighted by atomic mass is 35.5. The SMILES string of the molecule is Cl.O=C(O)C1CCN2CCCC12. The number of carboxylic acids is 1. The van der Waals surface area contributed by atoms with E-state index in [1.807, 2.05) is 0 Å². The van der Waals surface area contributed by atoms with E-state index in [0.717, 1.165) is 25.9 Å². The second kappa shape index (κ2) is 3.62. The summed E-state index contributed by atoms with van der Waals surface area (Å²) in [5, 5.41) is 8.83. The third kappa shape index (κ3) is 1.43. The zero-order valence-corrected chi connectivity index (χ0v) is 7.72. The normalized spacial score (nSPS) is 34.3. The molecule has 2 heterocycles. The van der Waals surface area contributed by atoms with Gasteiger partial charge in [0.25, 0.3) is 0 Å². The first kappa shape index (κ1) is 9.81. The van der Waals surface area contributed by atoms with E-state index in [1.165, 1.54) is 6.42 Å². The summed E-state index contributed by atoms with van der Waals surface area (Å²) >= 11 is 0. The van der Waals surface area contributed by atoms with Crippen molar-refractivity contribution in [1.29, 1.82) is 0 Å². The Morgan fingerprint density at radius 2 is 2.08 bits per heavy atom. The molecule has 0 spiro atoms. The highest BCUT2D eigenvalue weighted by molar-refractivity contribution is 5.85. The second-order valence-corrected chi connectivity index (χ2v) is 3.48. The number of hydrogen-bond donors (Lipinski definition) is 1. The predicted octanol–water partition coefficient (Wildman–Crippen LogP) is 0.977. The molecule has 0 aromatic rings. The van der Waals surface area contributed by atoms with E-state index < -0.39 is 5.97 Å². The van der Waals surface area contributed by atoms with Gasteiger partial charge in [0.2, 0.25) is 0 Å². The molecule has 2 saturated heterocycles. The van der Waals surface area contributed by atoms with Gasteiger partial charge in [0.15, 0.2) is 0 Å². The fourth-order valence-corrected chi connectivity index (χ4v) is 2.37. The molecule has 2 rings (SSSR count). The van der Waals surface area contributed by atoms with Crippen LogP contribution in [0, 0.1) is 5.92 Å². The van der Waals surface area contributed by atoms with Crippen LogP contribution in [-0.4, -0.2) is 35.1 Å². The van der Waals surface area contributed by atoms with Crippen molar-refractivity contribution in [3.8, 4) is 0 Å². The van der Waals surface area contributed by atoms with E-state index in [2.05, 4.69) is 4.90 Å². The quantitative estimate of drug-likeness (QED) is 0.672. The van der Waals surface area contributed by atoms with Crippen LogP contribution < -0.4 is 0 Å². The third-order valence-corrected chi connectivity index (χ3v) is 2.92. The molecule has 2 fully saturated rings. The van der Waals surface area contributed by atoms with Gasteiger partial charge in [0.1, 0.15) is 0 Å². The highest BCUT2D eigenvalue weighted by Crippen LogP contribution is 2.32. The average molecular weight is 192 g/mol. The molecule has 0 saturated carbocycles. The van der Waals surface area contributed by atoms with Crippen LogP contribution in [-0.2, 0) is 4.79 Å². The zero-order chi connectivity index (χ0) is 7.84. The van der Waals surface area contributed by atoms with Crippen molar-refractivity contribution < 1.29 is 9.90 Å². The average Bonchev–Trinajstić information content (AvgIpc) is 2.41. The molecule has 70 valence electrons. The molecule has 2 atom stereocenters. The Balaban J connectivity index is 0.000000720. The molecule has 2 aliphatic heterocycles. The van der Waals surface area contributed by atoms with Crippen LogP contribution in [0.2, 0.25) is 0 Å². The topological polar surface area (TPSA) is 40.5 Å². The lowest BCUT2D eigenvalue weighted by atomic mass is 9.99. The number of rotatable bonds is 1. The number of nitrogens with zero attached hydrogens (tertiary/aromatic N) is 1. The summed E-state index contributed by atoms with van der Waals surface area (Å²) in [5.74, 6) is -0.670. The van der Waals surface area contributed by atoms with Gasteiger partial charge in [-0.3, -0.25) is 9.69 Å². The van der Waals surface area contributed by atoms with Gasteiger partial charge >= 0.3 is 5.97 Å². The number of hydrogen-bond acceptors (Lipinski definition) is 2. The maximum atomic E-state index is 10.7. The molecule has 0 amide bonds. The molecule has 0 aromatic heterocycles. The lowest BCUT2D eigenvalue weighted by molar-refractivity contribution is -0.142. The number of carboxylic acid groups (broad SMARTS) is 1. The van der Waals surface area contributed by atoms with Crippen LogP contribution in [0.25, 0.3) is 0 Å². The minimum atomic E-state index is -0.598. The first-order chi connectivity index (χ1) is 5.29. The molecule has 0 radical (unpaired) electrons. The Morgan fingerprint density at radius 3 is 2.75 bits per heavy atom. The van der Waals surface area contributed by atoms with Crippen LogP contribution in [0.1, 0.15) is 19.3 Å². The number of fused-ring (bicyclic) bond motifs is 1. The Bertz CT molecular complexity index is 186. The van der Waals surface area contributed by atoms with Crippen LogP contribution in [0.15, 0.2) is 0 Å². The van der Waals surface area contributed by atoms with Crippen molar-refractivity contribution in [2.24, 2.45) is 5.92 Å². The van der Waals surface area contributed by atoms with E-state index in [0.29, 0.717) is 6.04 Å². The molecule has 3 nitrogen and oxygen atoms in total. The monoisotopic (exact) mass is 191 g/mol. The smallest absolute Gasteiger partial charge is 0.308 e. The van der Waals surface area contributed by atoms with Crippen molar-refractivity contribution in [2.75, 3.05) is 13.1 Å². The summed E-state index contributed by atoms with van der Waals surface area (Å²) in [6.45, 7) is 2.12. The molecule has 4 heteroatoms. The van der Waals surface area contributed by atoms with Crippen molar-refractivity contribution >= 4 is 18.4 Å². The molecule has 0 aliphatic carbocycles. The van der Waals surface area contributed by atoms with Gasteiger partial charge in [-0.1, -0.05) is 0 Å². The maximum absolute atomic E-state index is 10.7. The van der Waals surface area contributed by atoms with Crippen LogP contribution in [0.3, 0.4) is 0 Å². The molecule has 0 bridgehead atoms. The fourth-order valence-electron chi connectivity index (χ4n) is 2.37. The summed E-state index contributed by atoms with van der Waals surface area (Å²) in [4.78, 5) is 13.0. The number of aliphatic carboxylic acids is 1. The minimum absolute atomic E-state index is 0. The van der Waals surface area contributed by atoms with Gasteiger partial charge in [-0.25, -0.2) is 0 Å². The molecule has 1 N–H and O–H groups in total. The molecule has 2 aliphatic rings.